The van der Waals surface area contributed by atoms with Crippen LogP contribution in [0.2, 0.25) is 0 Å². The van der Waals surface area contributed by atoms with E-state index in [1.54, 1.807) is 24.3 Å². The number of halogens is 1. The van der Waals surface area contributed by atoms with Crippen molar-refractivity contribution in [2.75, 3.05) is 13.3 Å². The average Bonchev–Trinajstić information content (AvgIpc) is 2.55. The van der Waals surface area contributed by atoms with Crippen molar-refractivity contribution in [3.63, 3.8) is 0 Å². The molecule has 2 aromatic rings. The molecule has 0 aromatic heterocycles. The maximum absolute atomic E-state index is 13.0. The number of urea groups is 1. The molecule has 23 heavy (non-hydrogen) atoms. The summed E-state index contributed by atoms with van der Waals surface area (Å²) in [7, 11) is 0. The molecule has 2 aromatic carbocycles. The Balaban J connectivity index is 1.75. The Labute approximate surface area is 134 Å². The van der Waals surface area contributed by atoms with E-state index in [4.69, 9.17) is 9.47 Å². The fourth-order valence-electron chi connectivity index (χ4n) is 1.92. The number of amides is 2. The highest BCUT2D eigenvalue weighted by Gasteiger charge is 2.05. The Morgan fingerprint density at radius 3 is 2.48 bits per heavy atom. The summed E-state index contributed by atoms with van der Waals surface area (Å²) < 4.78 is 23.9. The monoisotopic (exact) mass is 318 g/mol. The molecule has 0 saturated heterocycles. The van der Waals surface area contributed by atoms with E-state index in [0.717, 1.165) is 0 Å². The summed E-state index contributed by atoms with van der Waals surface area (Å²) in [5, 5.41) is 5.19. The molecule has 0 radical (unpaired) electrons. The number of nitrogens with one attached hydrogen (secondary N) is 2. The highest BCUT2D eigenvalue weighted by molar-refractivity contribution is 5.73. The lowest BCUT2D eigenvalue weighted by Gasteiger charge is -2.12. The second-order valence-corrected chi connectivity index (χ2v) is 4.66. The maximum Gasteiger partial charge on any atom is 0.317 e. The van der Waals surface area contributed by atoms with E-state index in [1.807, 2.05) is 19.1 Å². The van der Waals surface area contributed by atoms with Crippen LogP contribution in [-0.2, 0) is 6.54 Å². The van der Waals surface area contributed by atoms with Crippen LogP contribution < -0.4 is 20.1 Å². The van der Waals surface area contributed by atoms with Crippen molar-refractivity contribution in [1.29, 1.82) is 0 Å². The van der Waals surface area contributed by atoms with Crippen molar-refractivity contribution < 1.29 is 18.7 Å². The smallest absolute Gasteiger partial charge is 0.317 e. The van der Waals surface area contributed by atoms with Gasteiger partial charge >= 0.3 is 6.03 Å². The van der Waals surface area contributed by atoms with Crippen LogP contribution in [0, 0.1) is 5.82 Å². The summed E-state index contributed by atoms with van der Waals surface area (Å²) in [4.78, 5) is 11.7. The van der Waals surface area contributed by atoms with Gasteiger partial charge in [-0.15, -0.1) is 0 Å². The van der Waals surface area contributed by atoms with Crippen LogP contribution in [0.5, 0.6) is 11.5 Å². The van der Waals surface area contributed by atoms with Crippen molar-refractivity contribution in [1.82, 2.24) is 10.6 Å². The third-order valence-electron chi connectivity index (χ3n) is 2.95. The lowest BCUT2D eigenvalue weighted by atomic mass is 10.2. The quantitative estimate of drug-likeness (QED) is 0.771. The number of carbonyl (C=O) groups excluding carboxylic acids is 1. The van der Waals surface area contributed by atoms with E-state index in [0.29, 0.717) is 23.7 Å². The summed E-state index contributed by atoms with van der Waals surface area (Å²) in [5.74, 6) is 0.845. The minimum Gasteiger partial charge on any atom is -0.490 e. The predicted molar refractivity (Wildman–Crippen MR) is 84.9 cm³/mol. The Kier molecular flexibility index (Phi) is 6.23. The Hall–Kier alpha value is -2.76. The molecule has 2 rings (SSSR count). The van der Waals surface area contributed by atoms with Crippen LogP contribution in [0.4, 0.5) is 9.18 Å². The molecule has 0 aliphatic carbocycles. The molecule has 0 fully saturated rings. The van der Waals surface area contributed by atoms with Crippen LogP contribution in [-0.4, -0.2) is 19.4 Å². The lowest BCUT2D eigenvalue weighted by Crippen LogP contribution is -2.37. The van der Waals surface area contributed by atoms with Gasteiger partial charge in [0.25, 0.3) is 0 Å². The predicted octanol–water partition coefficient (Wildman–Crippen LogP) is 3.06. The van der Waals surface area contributed by atoms with Crippen LogP contribution in [0.15, 0.2) is 48.5 Å². The van der Waals surface area contributed by atoms with Crippen molar-refractivity contribution in [3.05, 3.63) is 59.9 Å². The fraction of sp³-hybridized carbons (Fsp3) is 0.235. The zero-order valence-electron chi connectivity index (χ0n) is 12.8. The number of para-hydroxylation sites is 2. The number of hydrogen-bond donors (Lipinski definition) is 2. The van der Waals surface area contributed by atoms with Gasteiger partial charge in [-0.05, 0) is 36.8 Å². The number of ether oxygens (including phenoxy) is 2. The first-order valence-corrected chi connectivity index (χ1v) is 7.30. The Morgan fingerprint density at radius 2 is 1.78 bits per heavy atom. The van der Waals surface area contributed by atoms with Gasteiger partial charge in [0.2, 0.25) is 0 Å². The highest BCUT2D eigenvalue weighted by Crippen LogP contribution is 2.25. The van der Waals surface area contributed by atoms with Gasteiger partial charge in [-0.25, -0.2) is 9.18 Å². The number of benzene rings is 2. The number of rotatable bonds is 7. The molecule has 2 amide bonds. The molecule has 0 saturated carbocycles. The molecule has 0 spiro atoms. The van der Waals surface area contributed by atoms with Crippen LogP contribution in [0.25, 0.3) is 0 Å². The first-order chi connectivity index (χ1) is 11.2. The van der Waals surface area contributed by atoms with E-state index in [2.05, 4.69) is 10.6 Å². The van der Waals surface area contributed by atoms with Gasteiger partial charge in [0.1, 0.15) is 5.82 Å². The number of carbonyl (C=O) groups is 1. The molecular weight excluding hydrogens is 299 g/mol. The number of hydrogen-bond acceptors (Lipinski definition) is 3. The second kappa shape index (κ2) is 8.63. The van der Waals surface area contributed by atoms with Gasteiger partial charge < -0.3 is 20.1 Å². The first-order valence-electron chi connectivity index (χ1n) is 7.30. The highest BCUT2D eigenvalue weighted by atomic mass is 19.1. The van der Waals surface area contributed by atoms with Gasteiger partial charge in [-0.3, -0.25) is 0 Å². The minimum atomic E-state index is -0.400. The molecule has 5 nitrogen and oxygen atoms in total. The van der Waals surface area contributed by atoms with Crippen molar-refractivity contribution in [2.45, 2.75) is 13.5 Å². The summed E-state index contributed by atoms with van der Waals surface area (Å²) in [6.07, 6.45) is 0. The fourth-order valence-corrected chi connectivity index (χ4v) is 1.92. The molecular formula is C17H19FN2O3. The molecule has 0 aliphatic heterocycles. The van der Waals surface area contributed by atoms with Gasteiger partial charge in [0.15, 0.2) is 18.2 Å². The van der Waals surface area contributed by atoms with E-state index >= 15 is 0 Å². The second-order valence-electron chi connectivity index (χ2n) is 4.66. The van der Waals surface area contributed by atoms with E-state index in [1.165, 1.54) is 12.1 Å². The summed E-state index contributed by atoms with van der Waals surface area (Å²) >= 11 is 0. The Morgan fingerprint density at radius 1 is 1.04 bits per heavy atom. The third kappa shape index (κ3) is 5.50. The van der Waals surface area contributed by atoms with E-state index in [9.17, 15) is 9.18 Å². The maximum atomic E-state index is 13.0. The van der Waals surface area contributed by atoms with Crippen LogP contribution >= 0.6 is 0 Å². The molecule has 0 heterocycles. The first kappa shape index (κ1) is 16.6. The SMILES string of the molecule is CCOc1ccccc1OCNC(=O)NCc1cccc(F)c1. The van der Waals surface area contributed by atoms with E-state index < -0.39 is 6.03 Å². The molecule has 6 heteroatoms. The third-order valence-corrected chi connectivity index (χ3v) is 2.95. The van der Waals surface area contributed by atoms with Gasteiger partial charge in [0.05, 0.1) is 6.61 Å². The summed E-state index contributed by atoms with van der Waals surface area (Å²) in [6, 6.07) is 12.9. The largest absolute Gasteiger partial charge is 0.490 e. The molecule has 122 valence electrons. The summed E-state index contributed by atoms with van der Waals surface area (Å²) in [5.41, 5.74) is 0.683. The van der Waals surface area contributed by atoms with Crippen molar-refractivity contribution in [3.8, 4) is 11.5 Å². The average molecular weight is 318 g/mol. The molecule has 0 unspecified atom stereocenters. The normalized spacial score (nSPS) is 10.0. The topological polar surface area (TPSA) is 59.6 Å². The zero-order chi connectivity index (χ0) is 16.5. The zero-order valence-corrected chi connectivity index (χ0v) is 12.8. The van der Waals surface area contributed by atoms with Crippen molar-refractivity contribution >= 4 is 6.03 Å². The van der Waals surface area contributed by atoms with Crippen molar-refractivity contribution in [2.24, 2.45) is 0 Å². The standard InChI is InChI=1S/C17H19FN2O3/c1-2-22-15-8-3-4-9-16(15)23-12-20-17(21)19-11-13-6-5-7-14(18)10-13/h3-10H,2,11-12H2,1H3,(H2,19,20,21). The lowest BCUT2D eigenvalue weighted by molar-refractivity contribution is 0.219. The molecule has 2 N–H and O–H groups in total. The van der Waals surface area contributed by atoms with Gasteiger partial charge in [0, 0.05) is 6.54 Å². The minimum absolute atomic E-state index is 0.000921. The molecule has 0 aliphatic rings. The van der Waals surface area contributed by atoms with E-state index in [-0.39, 0.29) is 19.1 Å². The summed E-state index contributed by atoms with van der Waals surface area (Å²) in [6.45, 7) is 2.65. The molecule has 0 atom stereocenters. The van der Waals surface area contributed by atoms with Crippen LogP contribution in [0.3, 0.4) is 0 Å². The Bertz CT molecular complexity index is 649. The van der Waals surface area contributed by atoms with Gasteiger partial charge in [-0.1, -0.05) is 24.3 Å². The van der Waals surface area contributed by atoms with Gasteiger partial charge in [-0.2, -0.15) is 0 Å². The molecule has 0 bridgehead atoms. The van der Waals surface area contributed by atoms with Crippen LogP contribution in [0.1, 0.15) is 12.5 Å².